The predicted molar refractivity (Wildman–Crippen MR) is 156 cm³/mol. The zero-order valence-electron chi connectivity index (χ0n) is 23.1. The second-order valence-electron chi connectivity index (χ2n) is 12.7. The second kappa shape index (κ2) is 10.2. The van der Waals surface area contributed by atoms with Gasteiger partial charge in [0.25, 0.3) is 0 Å². The van der Waals surface area contributed by atoms with Crippen molar-refractivity contribution >= 4 is 46.6 Å². The summed E-state index contributed by atoms with van der Waals surface area (Å²) >= 11 is 12.8. The molecule has 4 heterocycles. The van der Waals surface area contributed by atoms with E-state index in [-0.39, 0.29) is 35.0 Å². The molecule has 0 bridgehead atoms. The van der Waals surface area contributed by atoms with Gasteiger partial charge in [0, 0.05) is 28.4 Å². The van der Waals surface area contributed by atoms with Crippen molar-refractivity contribution < 1.29 is 19.1 Å². The van der Waals surface area contributed by atoms with Gasteiger partial charge >= 0.3 is 0 Å². The van der Waals surface area contributed by atoms with E-state index in [1.807, 2.05) is 12.1 Å². The first-order valence-corrected chi connectivity index (χ1v) is 14.9. The molecule has 1 saturated carbocycles. The minimum absolute atomic E-state index is 0.109. The first-order valence-electron chi connectivity index (χ1n) is 14.2. The molecule has 9 nitrogen and oxygen atoms in total. The topological polar surface area (TPSA) is 135 Å². The Balaban J connectivity index is 1.46. The molecular weight excluding hydrogens is 565 g/mol. The van der Waals surface area contributed by atoms with E-state index in [2.05, 4.69) is 34.8 Å². The van der Waals surface area contributed by atoms with Crippen LogP contribution in [0.25, 0.3) is 0 Å². The van der Waals surface area contributed by atoms with E-state index in [9.17, 15) is 14.4 Å². The van der Waals surface area contributed by atoms with E-state index in [1.54, 1.807) is 24.4 Å². The summed E-state index contributed by atoms with van der Waals surface area (Å²) in [7, 11) is 0. The minimum atomic E-state index is -1.10. The van der Waals surface area contributed by atoms with Crippen LogP contribution in [0.2, 0.25) is 10.2 Å². The van der Waals surface area contributed by atoms with E-state index in [0.29, 0.717) is 36.4 Å². The molecule has 5 N–H and O–H groups in total. The summed E-state index contributed by atoms with van der Waals surface area (Å²) in [5.74, 6) is -1.47. The number of hydrogen-bond acceptors (Lipinski definition) is 6. The van der Waals surface area contributed by atoms with Gasteiger partial charge in [-0.3, -0.25) is 19.7 Å². The number of halogens is 2. The minimum Gasteiger partial charge on any atom is -0.367 e. The summed E-state index contributed by atoms with van der Waals surface area (Å²) in [6, 6.07) is 8.06. The fraction of sp³-hybridized carbons (Fsp3) is 0.533. The first kappa shape index (κ1) is 28.4. The highest BCUT2D eigenvalue weighted by Crippen LogP contribution is 2.63. The van der Waals surface area contributed by atoms with Crippen LogP contribution in [0.3, 0.4) is 0 Å². The number of nitrogens with zero attached hydrogens (tertiary/aromatic N) is 1. The molecule has 3 aliphatic heterocycles. The number of rotatable bonds is 4. The molecule has 3 amide bonds. The van der Waals surface area contributed by atoms with Gasteiger partial charge in [-0.05, 0) is 79.3 Å². The van der Waals surface area contributed by atoms with Gasteiger partial charge in [0.05, 0.1) is 18.7 Å². The van der Waals surface area contributed by atoms with Crippen LogP contribution in [-0.2, 0) is 24.5 Å². The van der Waals surface area contributed by atoms with Crippen LogP contribution in [0.15, 0.2) is 36.5 Å². The maximum Gasteiger partial charge on any atom is 0.246 e. The number of primary amides is 1. The Morgan fingerprint density at radius 1 is 1.10 bits per heavy atom. The monoisotopic (exact) mass is 599 g/mol. The lowest BCUT2D eigenvalue weighted by Crippen LogP contribution is -2.61. The lowest BCUT2D eigenvalue weighted by molar-refractivity contribution is -0.134. The summed E-state index contributed by atoms with van der Waals surface area (Å²) in [6.45, 7) is 4.68. The predicted octanol–water partition coefficient (Wildman–Crippen LogP) is 3.82. The summed E-state index contributed by atoms with van der Waals surface area (Å²) in [5.41, 5.74) is 5.97. The molecule has 5 atom stereocenters. The summed E-state index contributed by atoms with van der Waals surface area (Å²) < 4.78 is 5.63. The SMILES string of the molecule is CC1(C)CCC2(CC1)N[C@@H](C(=O)N[C@@H]1CC[C@@H](C(N)=O)OC1)[C@H](c1ccnc(Cl)c1)[C@]21C(=O)Nc2cc(Cl)ccc21. The number of benzene rings is 1. The van der Waals surface area contributed by atoms with Crippen LogP contribution in [-0.4, -0.2) is 53.0 Å². The lowest BCUT2D eigenvalue weighted by Gasteiger charge is -2.50. The van der Waals surface area contributed by atoms with E-state index < -0.39 is 34.9 Å². The normalized spacial score (nSPS) is 31.6. The Morgan fingerprint density at radius 2 is 1.85 bits per heavy atom. The molecule has 0 radical (unpaired) electrons. The van der Waals surface area contributed by atoms with Crippen molar-refractivity contribution in [2.45, 2.75) is 87.4 Å². The quantitative estimate of drug-likeness (QED) is 0.394. The number of hydrogen-bond donors (Lipinski definition) is 4. The number of ether oxygens (including phenoxy) is 1. The number of anilines is 1. The van der Waals surface area contributed by atoms with E-state index in [1.165, 1.54) is 0 Å². The Kier molecular flexibility index (Phi) is 7.08. The van der Waals surface area contributed by atoms with Gasteiger partial charge in [0.1, 0.15) is 16.7 Å². The summed E-state index contributed by atoms with van der Waals surface area (Å²) in [4.78, 5) is 44.5. The molecule has 6 rings (SSSR count). The molecule has 2 spiro atoms. The van der Waals surface area contributed by atoms with E-state index in [4.69, 9.17) is 33.7 Å². The fourth-order valence-corrected chi connectivity index (χ4v) is 8.03. The van der Waals surface area contributed by atoms with Crippen LogP contribution < -0.4 is 21.7 Å². The van der Waals surface area contributed by atoms with Crippen molar-refractivity contribution in [1.29, 1.82) is 0 Å². The standard InChI is InChI=1S/C30H35Cl2N5O4/c1-28(2)8-10-29(11-9-28)30(19-5-3-17(31)14-20(19)36-27(30)40)23(16-7-12-34-22(32)13-16)24(37-29)26(39)35-18-4-6-21(25(33)38)41-15-18/h3,5,7,12-14,18,21,23-24,37H,4,6,8-11,15H2,1-2H3,(H2,33,38)(H,35,39)(H,36,40)/t18-,21+,23+,24-,30-/m1/s1. The van der Waals surface area contributed by atoms with Crippen molar-refractivity contribution in [1.82, 2.24) is 15.6 Å². The molecule has 218 valence electrons. The zero-order chi connectivity index (χ0) is 29.2. The number of amides is 3. The maximum atomic E-state index is 14.5. The summed E-state index contributed by atoms with van der Waals surface area (Å²) in [5, 5.41) is 10.8. The third kappa shape index (κ3) is 4.61. The van der Waals surface area contributed by atoms with E-state index >= 15 is 0 Å². The molecular formula is C30H35Cl2N5O4. The second-order valence-corrected chi connectivity index (χ2v) is 13.5. The average molecular weight is 601 g/mol. The van der Waals surface area contributed by atoms with Crippen molar-refractivity contribution in [3.63, 3.8) is 0 Å². The number of carbonyl (C=O) groups excluding carboxylic acids is 3. The lowest BCUT2D eigenvalue weighted by atomic mass is 9.53. The van der Waals surface area contributed by atoms with Gasteiger partial charge in [-0.25, -0.2) is 4.98 Å². The van der Waals surface area contributed by atoms with Crippen LogP contribution in [0.1, 0.15) is 69.4 Å². The molecule has 0 unspecified atom stereocenters. The largest absolute Gasteiger partial charge is 0.367 e. The van der Waals surface area contributed by atoms with Gasteiger partial charge in [0.15, 0.2) is 0 Å². The van der Waals surface area contributed by atoms with Gasteiger partial charge in [-0.1, -0.05) is 43.1 Å². The molecule has 1 aliphatic carbocycles. The molecule has 1 aromatic carbocycles. The molecule has 11 heteroatoms. The molecule has 4 aliphatic rings. The molecule has 3 fully saturated rings. The van der Waals surface area contributed by atoms with Crippen molar-refractivity contribution in [3.05, 3.63) is 57.8 Å². The molecule has 2 saturated heterocycles. The highest BCUT2D eigenvalue weighted by molar-refractivity contribution is 6.31. The van der Waals surface area contributed by atoms with Crippen LogP contribution in [0, 0.1) is 5.41 Å². The molecule has 41 heavy (non-hydrogen) atoms. The number of pyridine rings is 1. The highest BCUT2D eigenvalue weighted by Gasteiger charge is 2.72. The third-order valence-electron chi connectivity index (χ3n) is 9.79. The Hall–Kier alpha value is -2.72. The third-order valence-corrected chi connectivity index (χ3v) is 10.2. The highest BCUT2D eigenvalue weighted by atomic mass is 35.5. The fourth-order valence-electron chi connectivity index (χ4n) is 7.68. The first-order chi connectivity index (χ1) is 19.5. The van der Waals surface area contributed by atoms with Gasteiger partial charge in [0.2, 0.25) is 17.7 Å². The van der Waals surface area contributed by atoms with Crippen molar-refractivity contribution in [3.8, 4) is 0 Å². The zero-order valence-corrected chi connectivity index (χ0v) is 24.6. The van der Waals surface area contributed by atoms with Crippen molar-refractivity contribution in [2.75, 3.05) is 11.9 Å². The number of fused-ring (bicyclic) bond motifs is 3. The van der Waals surface area contributed by atoms with Gasteiger partial charge in [-0.2, -0.15) is 0 Å². The molecule has 2 aromatic rings. The van der Waals surface area contributed by atoms with Crippen LogP contribution in [0.4, 0.5) is 5.69 Å². The smallest absolute Gasteiger partial charge is 0.246 e. The maximum absolute atomic E-state index is 14.5. The Labute approximate surface area is 249 Å². The van der Waals surface area contributed by atoms with Crippen LogP contribution in [0.5, 0.6) is 0 Å². The average Bonchev–Trinajstić information content (AvgIpc) is 3.38. The van der Waals surface area contributed by atoms with Crippen molar-refractivity contribution in [2.24, 2.45) is 11.1 Å². The Morgan fingerprint density at radius 3 is 2.51 bits per heavy atom. The number of nitrogens with one attached hydrogen (secondary N) is 3. The van der Waals surface area contributed by atoms with E-state index in [0.717, 1.165) is 24.0 Å². The number of carbonyl (C=O) groups is 3. The Bertz CT molecular complexity index is 1400. The van der Waals surface area contributed by atoms with Crippen LogP contribution >= 0.6 is 23.2 Å². The molecule has 1 aromatic heterocycles. The number of aromatic nitrogens is 1. The summed E-state index contributed by atoms with van der Waals surface area (Å²) in [6.07, 6.45) is 5.15. The van der Waals surface area contributed by atoms with Gasteiger partial charge in [-0.15, -0.1) is 0 Å². The number of nitrogens with two attached hydrogens (primary N) is 1. The van der Waals surface area contributed by atoms with Gasteiger partial charge < -0.3 is 21.1 Å².